The van der Waals surface area contributed by atoms with Crippen molar-refractivity contribution in [2.45, 2.75) is 13.3 Å². The van der Waals surface area contributed by atoms with E-state index in [-0.39, 0.29) is 5.91 Å². The SMILES string of the molecule is Cc1cc(C(=O)NC[C@@H]2CCOC2)c2cc(Cl)ccc2n1. The summed E-state index contributed by atoms with van der Waals surface area (Å²) in [5, 5.41) is 4.38. The third kappa shape index (κ3) is 3.17. The zero-order valence-corrected chi connectivity index (χ0v) is 12.6. The number of hydrogen-bond acceptors (Lipinski definition) is 3. The molecule has 1 aromatic heterocycles. The molecule has 0 aliphatic carbocycles. The summed E-state index contributed by atoms with van der Waals surface area (Å²) in [4.78, 5) is 16.9. The van der Waals surface area contributed by atoms with Crippen LogP contribution in [0.15, 0.2) is 24.3 Å². The van der Waals surface area contributed by atoms with Gasteiger partial charge in [-0.3, -0.25) is 9.78 Å². The molecule has 1 fully saturated rings. The number of carbonyl (C=O) groups excluding carboxylic acids is 1. The lowest BCUT2D eigenvalue weighted by Gasteiger charge is -2.12. The topological polar surface area (TPSA) is 51.2 Å². The Morgan fingerprint density at radius 2 is 2.33 bits per heavy atom. The number of amides is 1. The van der Waals surface area contributed by atoms with Crippen molar-refractivity contribution in [3.8, 4) is 0 Å². The number of hydrogen-bond donors (Lipinski definition) is 1. The fraction of sp³-hybridized carbons (Fsp3) is 0.375. The van der Waals surface area contributed by atoms with E-state index in [1.54, 1.807) is 18.2 Å². The van der Waals surface area contributed by atoms with Gasteiger partial charge in [-0.15, -0.1) is 0 Å². The summed E-state index contributed by atoms with van der Waals surface area (Å²) in [6, 6.07) is 7.22. The van der Waals surface area contributed by atoms with Gasteiger partial charge in [0.1, 0.15) is 0 Å². The summed E-state index contributed by atoms with van der Waals surface area (Å²) in [6.07, 6.45) is 1.00. The van der Waals surface area contributed by atoms with Crippen LogP contribution >= 0.6 is 11.6 Å². The van der Waals surface area contributed by atoms with Crippen molar-refractivity contribution in [2.24, 2.45) is 5.92 Å². The van der Waals surface area contributed by atoms with E-state index in [9.17, 15) is 4.79 Å². The number of rotatable bonds is 3. The summed E-state index contributed by atoms with van der Waals surface area (Å²) < 4.78 is 5.32. The molecule has 21 heavy (non-hydrogen) atoms. The number of carbonyl (C=O) groups is 1. The van der Waals surface area contributed by atoms with Crippen LogP contribution in [0.4, 0.5) is 0 Å². The molecule has 0 unspecified atom stereocenters. The average Bonchev–Trinajstić information content (AvgIpc) is 2.97. The van der Waals surface area contributed by atoms with E-state index in [1.807, 2.05) is 13.0 Å². The van der Waals surface area contributed by atoms with Crippen molar-refractivity contribution in [3.63, 3.8) is 0 Å². The van der Waals surface area contributed by atoms with Gasteiger partial charge >= 0.3 is 0 Å². The highest BCUT2D eigenvalue weighted by Crippen LogP contribution is 2.22. The van der Waals surface area contributed by atoms with Gasteiger partial charge in [0.15, 0.2) is 0 Å². The molecule has 110 valence electrons. The minimum Gasteiger partial charge on any atom is -0.381 e. The van der Waals surface area contributed by atoms with Gasteiger partial charge in [-0.05, 0) is 37.6 Å². The molecule has 1 amide bonds. The van der Waals surface area contributed by atoms with Gasteiger partial charge in [0, 0.05) is 35.2 Å². The second kappa shape index (κ2) is 6.00. The lowest BCUT2D eigenvalue weighted by atomic mass is 10.1. The first-order chi connectivity index (χ1) is 10.1. The Labute approximate surface area is 128 Å². The third-order valence-electron chi connectivity index (χ3n) is 3.72. The maximum absolute atomic E-state index is 12.5. The molecule has 1 atom stereocenters. The number of aryl methyl sites for hydroxylation is 1. The lowest BCUT2D eigenvalue weighted by molar-refractivity contribution is 0.0946. The predicted octanol–water partition coefficient (Wildman–Crippen LogP) is 2.96. The third-order valence-corrected chi connectivity index (χ3v) is 3.95. The van der Waals surface area contributed by atoms with Crippen molar-refractivity contribution in [2.75, 3.05) is 19.8 Å². The Bertz CT molecular complexity index is 681. The molecule has 1 aliphatic rings. The number of benzene rings is 1. The number of nitrogens with zero attached hydrogens (tertiary/aromatic N) is 1. The Morgan fingerprint density at radius 1 is 1.48 bits per heavy atom. The second-order valence-corrected chi connectivity index (χ2v) is 5.85. The highest BCUT2D eigenvalue weighted by Gasteiger charge is 2.18. The summed E-state index contributed by atoms with van der Waals surface area (Å²) in [5.74, 6) is 0.325. The number of halogens is 1. The average molecular weight is 305 g/mol. The van der Waals surface area contributed by atoms with Crippen molar-refractivity contribution in [3.05, 3.63) is 40.5 Å². The van der Waals surface area contributed by atoms with E-state index in [0.717, 1.165) is 36.2 Å². The summed E-state index contributed by atoms with van der Waals surface area (Å²) >= 11 is 6.04. The summed E-state index contributed by atoms with van der Waals surface area (Å²) in [6.45, 7) is 4.04. The lowest BCUT2D eigenvalue weighted by Crippen LogP contribution is -2.29. The zero-order valence-electron chi connectivity index (χ0n) is 11.9. The first-order valence-corrected chi connectivity index (χ1v) is 7.44. The van der Waals surface area contributed by atoms with Crippen LogP contribution in [0.5, 0.6) is 0 Å². The van der Waals surface area contributed by atoms with Gasteiger partial charge in [0.25, 0.3) is 5.91 Å². The van der Waals surface area contributed by atoms with Crippen LogP contribution in [-0.2, 0) is 4.74 Å². The largest absolute Gasteiger partial charge is 0.381 e. The molecule has 0 bridgehead atoms. The van der Waals surface area contributed by atoms with Gasteiger partial charge in [-0.25, -0.2) is 0 Å². The summed E-state index contributed by atoms with van der Waals surface area (Å²) in [5.41, 5.74) is 2.23. The Morgan fingerprint density at radius 3 is 3.10 bits per heavy atom. The van der Waals surface area contributed by atoms with Gasteiger partial charge in [0.05, 0.1) is 17.7 Å². The van der Waals surface area contributed by atoms with E-state index in [1.165, 1.54) is 0 Å². The molecule has 3 rings (SSSR count). The maximum Gasteiger partial charge on any atom is 0.252 e. The maximum atomic E-state index is 12.5. The molecule has 2 aromatic rings. The fourth-order valence-electron chi connectivity index (χ4n) is 2.59. The minimum absolute atomic E-state index is 0.0836. The van der Waals surface area contributed by atoms with Crippen LogP contribution in [0.25, 0.3) is 10.9 Å². The monoisotopic (exact) mass is 304 g/mol. The van der Waals surface area contributed by atoms with Crippen LogP contribution in [0, 0.1) is 12.8 Å². The van der Waals surface area contributed by atoms with Crippen LogP contribution in [0.3, 0.4) is 0 Å². The number of ether oxygens (including phenoxy) is 1. The second-order valence-electron chi connectivity index (χ2n) is 5.41. The Balaban J connectivity index is 1.87. The van der Waals surface area contributed by atoms with Crippen molar-refractivity contribution in [1.29, 1.82) is 0 Å². The van der Waals surface area contributed by atoms with E-state index >= 15 is 0 Å². The molecule has 1 aromatic carbocycles. The highest BCUT2D eigenvalue weighted by atomic mass is 35.5. The highest BCUT2D eigenvalue weighted by molar-refractivity contribution is 6.31. The van der Waals surface area contributed by atoms with Crippen molar-refractivity contribution >= 4 is 28.4 Å². The molecule has 5 heteroatoms. The Hall–Kier alpha value is -1.65. The van der Waals surface area contributed by atoms with Crippen LogP contribution in [0.2, 0.25) is 5.02 Å². The molecule has 0 radical (unpaired) electrons. The number of pyridine rings is 1. The van der Waals surface area contributed by atoms with Gasteiger partial charge in [-0.1, -0.05) is 11.6 Å². The van der Waals surface area contributed by atoms with Crippen molar-refractivity contribution in [1.82, 2.24) is 10.3 Å². The molecule has 2 heterocycles. The first-order valence-electron chi connectivity index (χ1n) is 7.06. The molecule has 0 saturated carbocycles. The van der Waals surface area contributed by atoms with Gasteiger partial charge in [0.2, 0.25) is 0 Å². The molecule has 1 N–H and O–H groups in total. The molecule has 1 aliphatic heterocycles. The fourth-order valence-corrected chi connectivity index (χ4v) is 2.77. The number of nitrogens with one attached hydrogen (secondary N) is 1. The van der Waals surface area contributed by atoms with Crippen LogP contribution < -0.4 is 5.32 Å². The number of fused-ring (bicyclic) bond motifs is 1. The smallest absolute Gasteiger partial charge is 0.252 e. The van der Waals surface area contributed by atoms with E-state index in [2.05, 4.69) is 10.3 Å². The summed E-state index contributed by atoms with van der Waals surface area (Å²) in [7, 11) is 0. The first kappa shape index (κ1) is 14.3. The number of aromatic nitrogens is 1. The molecular formula is C16H17ClN2O2. The standard InChI is InChI=1S/C16H17ClN2O2/c1-10-6-14(13-7-12(17)2-3-15(13)19-10)16(20)18-8-11-4-5-21-9-11/h2-3,6-7,11H,4-5,8-9H2,1H3,(H,18,20)/t11-/m0/s1. The molecule has 0 spiro atoms. The molecular weight excluding hydrogens is 288 g/mol. The van der Waals surface area contributed by atoms with Crippen molar-refractivity contribution < 1.29 is 9.53 Å². The van der Waals surface area contributed by atoms with E-state index in [0.29, 0.717) is 23.0 Å². The molecule has 4 nitrogen and oxygen atoms in total. The molecule has 1 saturated heterocycles. The van der Waals surface area contributed by atoms with E-state index < -0.39 is 0 Å². The zero-order chi connectivity index (χ0) is 14.8. The van der Waals surface area contributed by atoms with E-state index in [4.69, 9.17) is 16.3 Å². The van der Waals surface area contributed by atoms with Gasteiger partial charge < -0.3 is 10.1 Å². The van der Waals surface area contributed by atoms with Crippen LogP contribution in [0.1, 0.15) is 22.5 Å². The Kier molecular flexibility index (Phi) is 4.08. The normalized spacial score (nSPS) is 18.1. The van der Waals surface area contributed by atoms with Crippen LogP contribution in [-0.4, -0.2) is 30.6 Å². The predicted molar refractivity (Wildman–Crippen MR) is 82.7 cm³/mol. The van der Waals surface area contributed by atoms with Gasteiger partial charge in [-0.2, -0.15) is 0 Å². The minimum atomic E-state index is -0.0836. The quantitative estimate of drug-likeness (QED) is 0.948.